The molecule has 1 aromatic carbocycles. The molecule has 0 aromatic heterocycles. The van der Waals surface area contributed by atoms with E-state index in [4.69, 9.17) is 9.84 Å². The van der Waals surface area contributed by atoms with E-state index in [0.717, 1.165) is 0 Å². The summed E-state index contributed by atoms with van der Waals surface area (Å²) in [6.45, 7) is 1.57. The smallest absolute Gasteiger partial charge is 0.178 e. The lowest BCUT2D eigenvalue weighted by atomic mass is 10.3. The lowest BCUT2D eigenvalue weighted by molar-refractivity contribution is 0.191. The molecule has 5 heteroatoms. The maximum absolute atomic E-state index is 11.8. The minimum atomic E-state index is -3.30. The molecular weight excluding hydrogens is 228 g/mol. The summed E-state index contributed by atoms with van der Waals surface area (Å²) >= 11 is 0. The van der Waals surface area contributed by atoms with Crippen LogP contribution < -0.4 is 4.74 Å². The predicted octanol–water partition coefficient (Wildman–Crippen LogP) is 1.24. The van der Waals surface area contributed by atoms with E-state index in [1.165, 1.54) is 19.2 Å². The average molecular weight is 244 g/mol. The molecule has 0 saturated carbocycles. The molecule has 0 aliphatic heterocycles. The Bertz CT molecular complexity index is 420. The maximum Gasteiger partial charge on any atom is 0.178 e. The second kappa shape index (κ2) is 5.32. The number of sulfone groups is 1. The lowest BCUT2D eigenvalue weighted by Crippen LogP contribution is -2.12. The fraction of sp³-hybridized carbons (Fsp3) is 0.455. The Labute approximate surface area is 95.8 Å². The number of rotatable bonds is 5. The van der Waals surface area contributed by atoms with E-state index in [1.807, 2.05) is 0 Å². The largest absolute Gasteiger partial charge is 0.497 e. The predicted molar refractivity (Wildman–Crippen MR) is 61.3 cm³/mol. The highest BCUT2D eigenvalue weighted by atomic mass is 32.2. The van der Waals surface area contributed by atoms with E-state index in [9.17, 15) is 8.42 Å². The Balaban J connectivity index is 2.82. The molecule has 16 heavy (non-hydrogen) atoms. The third-order valence-electron chi connectivity index (χ3n) is 2.22. The van der Waals surface area contributed by atoms with E-state index in [1.54, 1.807) is 19.1 Å². The summed E-state index contributed by atoms with van der Waals surface area (Å²) < 4.78 is 28.5. The first-order chi connectivity index (χ1) is 7.45. The Morgan fingerprint density at radius 3 is 2.31 bits per heavy atom. The third kappa shape index (κ3) is 3.50. The molecule has 0 heterocycles. The summed E-state index contributed by atoms with van der Waals surface area (Å²) in [5, 5.41) is 9.06. The van der Waals surface area contributed by atoms with Crippen LogP contribution in [0.15, 0.2) is 29.2 Å². The first-order valence-electron chi connectivity index (χ1n) is 5.00. The van der Waals surface area contributed by atoms with E-state index >= 15 is 0 Å². The van der Waals surface area contributed by atoms with E-state index in [2.05, 4.69) is 0 Å². The summed E-state index contributed by atoms with van der Waals surface area (Å²) in [7, 11) is -1.77. The molecule has 1 atom stereocenters. The zero-order valence-electron chi connectivity index (χ0n) is 9.38. The van der Waals surface area contributed by atoms with Crippen LogP contribution in [0.4, 0.5) is 0 Å². The maximum atomic E-state index is 11.8. The number of benzene rings is 1. The Morgan fingerprint density at radius 1 is 1.31 bits per heavy atom. The molecule has 4 nitrogen and oxygen atoms in total. The van der Waals surface area contributed by atoms with E-state index in [0.29, 0.717) is 5.75 Å². The number of hydrogen-bond donors (Lipinski definition) is 1. The molecule has 0 aliphatic rings. The quantitative estimate of drug-likeness (QED) is 0.846. The zero-order valence-corrected chi connectivity index (χ0v) is 10.2. The number of aliphatic hydroxyl groups excluding tert-OH is 1. The monoisotopic (exact) mass is 244 g/mol. The number of methoxy groups -OCH3 is 1. The highest BCUT2D eigenvalue weighted by Gasteiger charge is 2.15. The molecular formula is C11H16O4S. The fourth-order valence-electron chi connectivity index (χ4n) is 1.23. The molecule has 0 amide bonds. The summed E-state index contributed by atoms with van der Waals surface area (Å²) in [4.78, 5) is 0.258. The van der Waals surface area contributed by atoms with Crippen LogP contribution in [-0.4, -0.2) is 32.5 Å². The van der Waals surface area contributed by atoms with Crippen LogP contribution in [0.2, 0.25) is 0 Å². The van der Waals surface area contributed by atoms with Gasteiger partial charge in [0.25, 0.3) is 0 Å². The van der Waals surface area contributed by atoms with Crippen molar-refractivity contribution in [3.05, 3.63) is 24.3 Å². The van der Waals surface area contributed by atoms with Crippen LogP contribution in [0.1, 0.15) is 13.3 Å². The molecule has 1 aromatic rings. The first kappa shape index (κ1) is 13.0. The molecule has 0 unspecified atom stereocenters. The standard InChI is InChI=1S/C11H16O4S/c1-9(12)7-8-16(13,14)11-5-3-10(15-2)4-6-11/h3-6,9,12H,7-8H2,1-2H3/t9-/m1/s1. The highest BCUT2D eigenvalue weighted by molar-refractivity contribution is 7.91. The Kier molecular flexibility index (Phi) is 4.32. The number of hydrogen-bond acceptors (Lipinski definition) is 4. The van der Waals surface area contributed by atoms with Gasteiger partial charge in [0.2, 0.25) is 0 Å². The Hall–Kier alpha value is -1.07. The van der Waals surface area contributed by atoms with Crippen LogP contribution in [0, 0.1) is 0 Å². The summed E-state index contributed by atoms with van der Waals surface area (Å²) in [5.74, 6) is 0.575. The molecule has 0 radical (unpaired) electrons. The fourth-order valence-corrected chi connectivity index (χ4v) is 2.66. The second-order valence-corrected chi connectivity index (χ2v) is 5.74. The van der Waals surface area contributed by atoms with Crippen molar-refractivity contribution in [2.24, 2.45) is 0 Å². The summed E-state index contributed by atoms with van der Waals surface area (Å²) in [5.41, 5.74) is 0. The van der Waals surface area contributed by atoms with Crippen molar-refractivity contribution in [3.8, 4) is 5.75 Å². The van der Waals surface area contributed by atoms with Gasteiger partial charge < -0.3 is 9.84 Å². The molecule has 0 fully saturated rings. The number of aliphatic hydroxyl groups is 1. The first-order valence-corrected chi connectivity index (χ1v) is 6.66. The van der Waals surface area contributed by atoms with Gasteiger partial charge in [-0.05, 0) is 37.6 Å². The highest BCUT2D eigenvalue weighted by Crippen LogP contribution is 2.17. The minimum absolute atomic E-state index is 0.0446. The van der Waals surface area contributed by atoms with Gasteiger partial charge in [-0.1, -0.05) is 0 Å². The van der Waals surface area contributed by atoms with Gasteiger partial charge in [0, 0.05) is 0 Å². The molecule has 90 valence electrons. The minimum Gasteiger partial charge on any atom is -0.497 e. The van der Waals surface area contributed by atoms with Crippen LogP contribution in [0.25, 0.3) is 0 Å². The summed E-state index contributed by atoms with van der Waals surface area (Å²) in [6.07, 6.45) is -0.359. The van der Waals surface area contributed by atoms with Crippen LogP contribution >= 0.6 is 0 Å². The third-order valence-corrected chi connectivity index (χ3v) is 3.99. The van der Waals surface area contributed by atoms with Crippen LogP contribution in [-0.2, 0) is 9.84 Å². The van der Waals surface area contributed by atoms with Crippen LogP contribution in [0.5, 0.6) is 5.75 Å². The van der Waals surface area contributed by atoms with Crippen molar-refractivity contribution in [1.82, 2.24) is 0 Å². The molecule has 1 N–H and O–H groups in total. The van der Waals surface area contributed by atoms with Crippen LogP contribution in [0.3, 0.4) is 0 Å². The average Bonchev–Trinajstić information content (AvgIpc) is 2.27. The second-order valence-electron chi connectivity index (χ2n) is 3.63. The molecule has 0 aliphatic carbocycles. The molecule has 0 spiro atoms. The van der Waals surface area contributed by atoms with Crippen molar-refractivity contribution >= 4 is 9.84 Å². The molecule has 1 rings (SSSR count). The van der Waals surface area contributed by atoms with Crippen molar-refractivity contribution in [2.45, 2.75) is 24.3 Å². The van der Waals surface area contributed by atoms with E-state index in [-0.39, 0.29) is 17.1 Å². The van der Waals surface area contributed by atoms with Gasteiger partial charge in [-0.3, -0.25) is 0 Å². The van der Waals surface area contributed by atoms with Gasteiger partial charge >= 0.3 is 0 Å². The lowest BCUT2D eigenvalue weighted by Gasteiger charge is -2.06. The molecule has 0 bridgehead atoms. The molecule has 0 saturated heterocycles. The van der Waals surface area contributed by atoms with Gasteiger partial charge in [-0.25, -0.2) is 8.42 Å². The Morgan fingerprint density at radius 2 is 1.88 bits per heavy atom. The van der Waals surface area contributed by atoms with Gasteiger partial charge in [-0.15, -0.1) is 0 Å². The summed E-state index contributed by atoms with van der Waals surface area (Å²) in [6, 6.07) is 6.23. The number of ether oxygens (including phenoxy) is 1. The topological polar surface area (TPSA) is 63.6 Å². The van der Waals surface area contributed by atoms with Gasteiger partial charge in [0.15, 0.2) is 9.84 Å². The SMILES string of the molecule is COc1ccc(S(=O)(=O)CC[C@@H](C)O)cc1. The van der Waals surface area contributed by atoms with Crippen molar-refractivity contribution < 1.29 is 18.3 Å². The van der Waals surface area contributed by atoms with Gasteiger partial charge in [-0.2, -0.15) is 0 Å². The van der Waals surface area contributed by atoms with Crippen molar-refractivity contribution in [1.29, 1.82) is 0 Å². The van der Waals surface area contributed by atoms with Crippen molar-refractivity contribution in [2.75, 3.05) is 12.9 Å². The van der Waals surface area contributed by atoms with Crippen molar-refractivity contribution in [3.63, 3.8) is 0 Å². The van der Waals surface area contributed by atoms with Gasteiger partial charge in [0.1, 0.15) is 5.75 Å². The zero-order chi connectivity index (χ0) is 12.2. The van der Waals surface area contributed by atoms with Gasteiger partial charge in [0.05, 0.1) is 23.9 Å². The van der Waals surface area contributed by atoms with E-state index < -0.39 is 15.9 Å². The normalized spacial score (nSPS) is 13.4.